The Kier molecular flexibility index (Phi) is 20.3. The lowest BCUT2D eigenvalue weighted by Gasteiger charge is -2.71. The van der Waals surface area contributed by atoms with Crippen molar-refractivity contribution < 1.29 is 0 Å². The van der Waals surface area contributed by atoms with Gasteiger partial charge in [0.1, 0.15) is 0 Å². The Morgan fingerprint density at radius 3 is 1.50 bits per heavy atom. The van der Waals surface area contributed by atoms with Crippen molar-refractivity contribution in [2.45, 2.75) is 182 Å². The fourth-order valence-electron chi connectivity index (χ4n) is 8.40. The van der Waals surface area contributed by atoms with Crippen LogP contribution in [0.1, 0.15) is 178 Å². The number of unbranched alkanes of at least 4 members (excludes halogenated alkanes) is 2. The lowest BCUT2D eigenvalue weighted by atomic mass is 9.34. The summed E-state index contributed by atoms with van der Waals surface area (Å²) in [7, 11) is 0. The van der Waals surface area contributed by atoms with Crippen LogP contribution in [-0.2, 0) is 0 Å². The van der Waals surface area contributed by atoms with E-state index in [1.54, 1.807) is 5.57 Å². The zero-order chi connectivity index (χ0) is 34.5. The third kappa shape index (κ3) is 10.3. The van der Waals surface area contributed by atoms with E-state index in [9.17, 15) is 0 Å². The van der Waals surface area contributed by atoms with Crippen molar-refractivity contribution in [2.24, 2.45) is 44.8 Å². The Morgan fingerprint density at radius 2 is 1.29 bits per heavy atom. The van der Waals surface area contributed by atoms with Crippen LogP contribution in [-0.4, -0.2) is 4.75 Å². The minimum absolute atomic E-state index is 0.0166. The molecule has 1 aliphatic rings. The molecule has 0 bridgehead atoms. The smallest absolute Gasteiger partial charge is 0.0155 e. The van der Waals surface area contributed by atoms with Gasteiger partial charge in [0.05, 0.1) is 0 Å². The van der Waals surface area contributed by atoms with Crippen LogP contribution in [0.3, 0.4) is 0 Å². The van der Waals surface area contributed by atoms with Gasteiger partial charge in [-0.3, -0.25) is 0 Å². The molecule has 0 aromatic carbocycles. The van der Waals surface area contributed by atoms with Crippen LogP contribution in [0.25, 0.3) is 0 Å². The molecule has 0 N–H and O–H groups in total. The van der Waals surface area contributed by atoms with Gasteiger partial charge < -0.3 is 0 Å². The number of hydrogen-bond donors (Lipinski definition) is 1. The molecule has 1 fully saturated rings. The molecule has 0 amide bonds. The molecular weight excluding hydrogens is 525 g/mol. The lowest BCUT2D eigenvalue weighted by molar-refractivity contribution is -0.195. The van der Waals surface area contributed by atoms with Gasteiger partial charge in [0.2, 0.25) is 0 Å². The Hall–Kier alpha value is -0.430. The largest absolute Gasteiger partial charge is 0.172 e. The minimum atomic E-state index is -0.0166. The predicted octanol–water partition coefficient (Wildman–Crippen LogP) is 14.8. The van der Waals surface area contributed by atoms with Crippen LogP contribution in [0, 0.1) is 44.8 Å². The molecule has 1 aliphatic carbocycles. The molecule has 0 spiro atoms. The van der Waals surface area contributed by atoms with Gasteiger partial charge in [-0.25, -0.2) is 0 Å². The molecule has 0 saturated heterocycles. The van der Waals surface area contributed by atoms with Gasteiger partial charge in [-0.1, -0.05) is 174 Å². The number of hydrogen-bond acceptors (Lipinski definition) is 1. The summed E-state index contributed by atoms with van der Waals surface area (Å²) in [5.41, 5.74) is 3.77. The average molecular weight is 607 g/mol. The molecule has 1 rings (SSSR count). The van der Waals surface area contributed by atoms with Crippen molar-refractivity contribution in [2.75, 3.05) is 0 Å². The van der Waals surface area contributed by atoms with Crippen LogP contribution in [0.5, 0.6) is 0 Å². The highest BCUT2D eigenvalue weighted by molar-refractivity contribution is 7.81. The first-order chi connectivity index (χ1) is 18.9. The van der Waals surface area contributed by atoms with E-state index in [1.807, 2.05) is 26.8 Å². The van der Waals surface area contributed by atoms with Crippen LogP contribution in [0.2, 0.25) is 0 Å². The maximum Gasteiger partial charge on any atom is 0.0155 e. The number of thiol groups is 1. The van der Waals surface area contributed by atoms with E-state index in [2.05, 4.69) is 143 Å². The lowest BCUT2D eigenvalue weighted by Crippen LogP contribution is -2.67. The Bertz CT molecular complexity index is 807. The molecule has 0 nitrogen and oxygen atoms in total. The standard InChI is InChI=1S/C25H48S.C9H16.C5H12.C2H6/c1-14-18(4)24(12)19(5)16-17(3)20(21(6,7)8)25(24,13)22(9,10)23(11,26)15-2;1-6-8(7-2)9(3,4)5;1-3-5-4-2;1-2/h14,17,19-20,26H,15-16H2,1-13H3;6-7H,1H2,2-5H3;3-5H2,1-2H3;1-2H3/b18-14-;8-7+;;. The van der Waals surface area contributed by atoms with Crippen molar-refractivity contribution in [3.8, 4) is 0 Å². The minimum Gasteiger partial charge on any atom is -0.172 e. The molecule has 0 aliphatic heterocycles. The molecule has 252 valence electrons. The molecule has 0 aromatic heterocycles. The zero-order valence-corrected chi connectivity index (χ0v) is 34.0. The van der Waals surface area contributed by atoms with Crippen LogP contribution in [0.15, 0.2) is 36.0 Å². The summed E-state index contributed by atoms with van der Waals surface area (Å²) in [6, 6.07) is 0. The third-order valence-electron chi connectivity index (χ3n) is 11.6. The average Bonchev–Trinajstić information content (AvgIpc) is 2.88. The molecule has 0 heterocycles. The highest BCUT2D eigenvalue weighted by Crippen LogP contribution is 2.73. The van der Waals surface area contributed by atoms with Crippen molar-refractivity contribution in [3.63, 3.8) is 0 Å². The van der Waals surface area contributed by atoms with Gasteiger partial charge in [-0.2, -0.15) is 12.6 Å². The summed E-state index contributed by atoms with van der Waals surface area (Å²) in [4.78, 5) is 0. The van der Waals surface area contributed by atoms with E-state index in [1.165, 1.54) is 31.3 Å². The van der Waals surface area contributed by atoms with E-state index in [0.717, 1.165) is 6.42 Å². The maximum absolute atomic E-state index is 5.28. The molecule has 1 saturated carbocycles. The highest BCUT2D eigenvalue weighted by Gasteiger charge is 2.68. The molecule has 1 heteroatoms. The van der Waals surface area contributed by atoms with E-state index in [-0.39, 0.29) is 31.8 Å². The van der Waals surface area contributed by atoms with Gasteiger partial charge >= 0.3 is 0 Å². The number of allylic oxidation sites excluding steroid dienone is 5. The Morgan fingerprint density at radius 1 is 0.857 bits per heavy atom. The molecule has 6 unspecified atom stereocenters. The van der Waals surface area contributed by atoms with Gasteiger partial charge in [0.15, 0.2) is 0 Å². The Balaban J connectivity index is -0.000000780. The Labute approximate surface area is 274 Å². The first-order valence-corrected chi connectivity index (χ1v) is 18.0. The van der Waals surface area contributed by atoms with E-state index < -0.39 is 0 Å². The number of rotatable bonds is 7. The molecular formula is C41H82S. The van der Waals surface area contributed by atoms with Crippen LogP contribution < -0.4 is 0 Å². The summed E-state index contributed by atoms with van der Waals surface area (Å²) in [5.74, 6) is 2.02. The highest BCUT2D eigenvalue weighted by atomic mass is 32.1. The summed E-state index contributed by atoms with van der Waals surface area (Å²) >= 11 is 5.28. The summed E-state index contributed by atoms with van der Waals surface area (Å²) in [6.45, 7) is 52.6. The van der Waals surface area contributed by atoms with Crippen LogP contribution >= 0.6 is 12.6 Å². The van der Waals surface area contributed by atoms with E-state index in [0.29, 0.717) is 17.8 Å². The van der Waals surface area contributed by atoms with Crippen molar-refractivity contribution >= 4 is 12.6 Å². The summed E-state index contributed by atoms with van der Waals surface area (Å²) < 4.78 is -0.0166. The maximum atomic E-state index is 5.28. The third-order valence-corrected chi connectivity index (χ3v) is 12.5. The fourth-order valence-corrected chi connectivity index (χ4v) is 8.63. The van der Waals surface area contributed by atoms with Gasteiger partial charge in [0.25, 0.3) is 0 Å². The normalized spacial score (nSPS) is 28.6. The summed E-state index contributed by atoms with van der Waals surface area (Å²) in [5, 5.41) is 0. The van der Waals surface area contributed by atoms with Crippen molar-refractivity contribution in [3.05, 3.63) is 36.0 Å². The molecule has 0 radical (unpaired) electrons. The second kappa shape index (κ2) is 18.5. The van der Waals surface area contributed by atoms with E-state index in [4.69, 9.17) is 12.6 Å². The second-order valence-electron chi connectivity index (χ2n) is 16.1. The first kappa shape index (κ1) is 46.0. The SMILES string of the molecule is C/C=C(/C)C1(C)C(C)CC(C)C(C(C)(C)C)C1(C)C(C)(C)C(C)(S)CC.C=C/C(=C\C)C(C)(C)C.CC.CCCCC. The quantitative estimate of drug-likeness (QED) is 0.166. The zero-order valence-electron chi connectivity index (χ0n) is 33.2. The van der Waals surface area contributed by atoms with Gasteiger partial charge in [0, 0.05) is 4.75 Å². The molecule has 0 aromatic rings. The van der Waals surface area contributed by atoms with Crippen molar-refractivity contribution in [1.29, 1.82) is 0 Å². The van der Waals surface area contributed by atoms with E-state index >= 15 is 0 Å². The van der Waals surface area contributed by atoms with Gasteiger partial charge in [-0.15, -0.1) is 0 Å². The monoisotopic (exact) mass is 607 g/mol. The fraction of sp³-hybridized carbons (Fsp3) is 0.854. The van der Waals surface area contributed by atoms with Crippen LogP contribution in [0.4, 0.5) is 0 Å². The topological polar surface area (TPSA) is 0 Å². The molecule has 6 atom stereocenters. The molecule has 42 heavy (non-hydrogen) atoms. The first-order valence-electron chi connectivity index (χ1n) is 17.5. The van der Waals surface area contributed by atoms with Crippen molar-refractivity contribution in [1.82, 2.24) is 0 Å². The second-order valence-corrected chi connectivity index (χ2v) is 17.1. The predicted molar refractivity (Wildman–Crippen MR) is 203 cm³/mol. The summed E-state index contributed by atoms with van der Waals surface area (Å²) in [6.07, 6.45) is 12.9. The van der Waals surface area contributed by atoms with Gasteiger partial charge in [-0.05, 0) is 84.0 Å².